The predicted octanol–water partition coefficient (Wildman–Crippen LogP) is 1.10. The average molecular weight is 275 g/mol. The number of hydrogen-bond acceptors (Lipinski definition) is 5. The third kappa shape index (κ3) is 2.43. The van der Waals surface area contributed by atoms with Crippen LogP contribution in [0.3, 0.4) is 0 Å². The van der Waals surface area contributed by atoms with E-state index in [-0.39, 0.29) is 17.5 Å². The average Bonchev–Trinajstić information content (AvgIpc) is 2.92. The van der Waals surface area contributed by atoms with Crippen LogP contribution in [-0.4, -0.2) is 33.0 Å². The van der Waals surface area contributed by atoms with E-state index in [9.17, 15) is 9.59 Å². The lowest BCUT2D eigenvalue weighted by molar-refractivity contribution is -0.113. The molecule has 2 amide bonds. The number of hydrogen-bond donors (Lipinski definition) is 3. The first kappa shape index (κ1) is 11.7. The van der Waals surface area contributed by atoms with Gasteiger partial charge in [-0.2, -0.15) is 15.4 Å². The maximum Gasteiger partial charge on any atom is 0.277 e. The summed E-state index contributed by atoms with van der Waals surface area (Å²) < 4.78 is 0. The Morgan fingerprint density at radius 3 is 3.11 bits per heavy atom. The van der Waals surface area contributed by atoms with Crippen LogP contribution < -0.4 is 10.6 Å². The highest BCUT2D eigenvalue weighted by atomic mass is 32.2. The van der Waals surface area contributed by atoms with Crippen molar-refractivity contribution in [3.05, 3.63) is 30.1 Å². The van der Waals surface area contributed by atoms with Crippen molar-refractivity contribution in [1.29, 1.82) is 0 Å². The third-order valence-corrected chi connectivity index (χ3v) is 3.59. The number of thioether (sulfide) groups is 1. The predicted molar refractivity (Wildman–Crippen MR) is 70.1 cm³/mol. The van der Waals surface area contributed by atoms with Gasteiger partial charge in [0.15, 0.2) is 5.69 Å². The second-order valence-electron chi connectivity index (χ2n) is 3.86. The van der Waals surface area contributed by atoms with Gasteiger partial charge in [0.25, 0.3) is 5.91 Å². The first-order chi connectivity index (χ1) is 9.22. The van der Waals surface area contributed by atoms with Crippen LogP contribution in [0.5, 0.6) is 0 Å². The van der Waals surface area contributed by atoms with E-state index in [1.54, 1.807) is 12.1 Å². The lowest BCUT2D eigenvalue weighted by Crippen LogP contribution is -2.19. The molecule has 1 aliphatic rings. The number of carbonyl (C=O) groups is 2. The fraction of sp³-hybridized carbons (Fsp3) is 0.0909. The first-order valence-corrected chi connectivity index (χ1v) is 6.45. The molecule has 0 fully saturated rings. The minimum Gasteiger partial charge on any atom is -0.324 e. The summed E-state index contributed by atoms with van der Waals surface area (Å²) in [6.07, 6.45) is 1.34. The molecule has 0 aliphatic carbocycles. The Morgan fingerprint density at radius 2 is 2.32 bits per heavy atom. The van der Waals surface area contributed by atoms with Crippen LogP contribution in [0, 0.1) is 0 Å². The van der Waals surface area contributed by atoms with E-state index in [4.69, 9.17) is 0 Å². The normalized spacial score (nSPS) is 13.6. The van der Waals surface area contributed by atoms with Crippen molar-refractivity contribution in [2.45, 2.75) is 4.90 Å². The van der Waals surface area contributed by atoms with E-state index in [2.05, 4.69) is 26.0 Å². The summed E-state index contributed by atoms with van der Waals surface area (Å²) in [5, 5.41) is 15.1. The van der Waals surface area contributed by atoms with Gasteiger partial charge in [-0.25, -0.2) is 0 Å². The maximum atomic E-state index is 11.8. The molecule has 8 heteroatoms. The molecule has 3 rings (SSSR count). The van der Waals surface area contributed by atoms with Crippen molar-refractivity contribution in [2.24, 2.45) is 0 Å². The summed E-state index contributed by atoms with van der Waals surface area (Å²) in [6.45, 7) is 0. The number of amides is 2. The molecule has 0 bridgehead atoms. The van der Waals surface area contributed by atoms with Gasteiger partial charge in [0.1, 0.15) is 0 Å². The fourth-order valence-electron chi connectivity index (χ4n) is 1.67. The van der Waals surface area contributed by atoms with Gasteiger partial charge < -0.3 is 10.6 Å². The quantitative estimate of drug-likeness (QED) is 0.762. The van der Waals surface area contributed by atoms with Crippen LogP contribution in [0.15, 0.2) is 29.3 Å². The van der Waals surface area contributed by atoms with Crippen LogP contribution in [-0.2, 0) is 4.79 Å². The standard InChI is InChI=1S/C11H9N5O2S/c17-10-5-19-9-2-1-6(3-7(9)14-10)13-11(18)8-4-12-16-15-8/h1-4H,5H2,(H,13,18)(H,14,17)(H,12,15,16). The molecule has 0 unspecified atom stereocenters. The molecule has 1 aliphatic heterocycles. The molecular weight excluding hydrogens is 266 g/mol. The lowest BCUT2D eigenvalue weighted by Gasteiger charge is -2.17. The van der Waals surface area contributed by atoms with E-state index in [0.29, 0.717) is 17.1 Å². The summed E-state index contributed by atoms with van der Waals surface area (Å²) in [4.78, 5) is 24.1. The van der Waals surface area contributed by atoms with Crippen molar-refractivity contribution in [1.82, 2.24) is 15.4 Å². The van der Waals surface area contributed by atoms with Crippen molar-refractivity contribution in [3.8, 4) is 0 Å². The number of fused-ring (bicyclic) bond motifs is 1. The van der Waals surface area contributed by atoms with Crippen LogP contribution in [0.1, 0.15) is 10.5 Å². The van der Waals surface area contributed by atoms with Gasteiger partial charge in [-0.1, -0.05) is 0 Å². The second-order valence-corrected chi connectivity index (χ2v) is 4.87. The number of benzene rings is 1. The fourth-order valence-corrected chi connectivity index (χ4v) is 2.46. The van der Waals surface area contributed by atoms with E-state index in [1.807, 2.05) is 6.07 Å². The molecule has 1 aromatic heterocycles. The molecule has 96 valence electrons. The molecule has 0 radical (unpaired) electrons. The summed E-state index contributed by atoms with van der Waals surface area (Å²) in [5.74, 6) is 0.0124. The van der Waals surface area contributed by atoms with Crippen molar-refractivity contribution in [2.75, 3.05) is 16.4 Å². The van der Waals surface area contributed by atoms with E-state index in [1.165, 1.54) is 18.0 Å². The molecule has 0 saturated carbocycles. The van der Waals surface area contributed by atoms with Crippen LogP contribution in [0.4, 0.5) is 11.4 Å². The molecule has 7 nitrogen and oxygen atoms in total. The smallest absolute Gasteiger partial charge is 0.277 e. The minimum absolute atomic E-state index is 0.0440. The molecule has 0 spiro atoms. The molecule has 0 atom stereocenters. The van der Waals surface area contributed by atoms with Gasteiger partial charge in [0, 0.05) is 10.6 Å². The summed E-state index contributed by atoms with van der Waals surface area (Å²) in [7, 11) is 0. The largest absolute Gasteiger partial charge is 0.324 e. The number of anilines is 2. The van der Waals surface area contributed by atoms with Crippen LogP contribution in [0.25, 0.3) is 0 Å². The first-order valence-electron chi connectivity index (χ1n) is 5.46. The van der Waals surface area contributed by atoms with Gasteiger partial charge in [0.2, 0.25) is 5.91 Å². The Bertz CT molecular complexity index is 641. The van der Waals surface area contributed by atoms with Crippen molar-refractivity contribution < 1.29 is 9.59 Å². The van der Waals surface area contributed by atoms with Crippen LogP contribution >= 0.6 is 11.8 Å². The zero-order chi connectivity index (χ0) is 13.2. The zero-order valence-electron chi connectivity index (χ0n) is 9.64. The maximum absolute atomic E-state index is 11.8. The summed E-state index contributed by atoms with van der Waals surface area (Å²) in [6, 6.07) is 5.36. The summed E-state index contributed by atoms with van der Waals surface area (Å²) in [5.41, 5.74) is 1.50. The Kier molecular flexibility index (Phi) is 2.92. The van der Waals surface area contributed by atoms with Gasteiger partial charge in [-0.15, -0.1) is 11.8 Å². The molecule has 19 heavy (non-hydrogen) atoms. The number of aromatic amines is 1. The molecule has 3 N–H and O–H groups in total. The molecule has 1 aromatic carbocycles. The Labute approximate surface area is 112 Å². The second kappa shape index (κ2) is 4.73. The number of nitrogens with one attached hydrogen (secondary N) is 3. The van der Waals surface area contributed by atoms with Crippen molar-refractivity contribution in [3.63, 3.8) is 0 Å². The molecule has 2 heterocycles. The monoisotopic (exact) mass is 275 g/mol. The van der Waals surface area contributed by atoms with Gasteiger partial charge in [0.05, 0.1) is 17.6 Å². The molecular formula is C11H9N5O2S. The number of H-pyrrole nitrogens is 1. The molecule has 2 aromatic rings. The summed E-state index contributed by atoms with van der Waals surface area (Å²) >= 11 is 1.47. The number of carbonyl (C=O) groups excluding carboxylic acids is 2. The highest BCUT2D eigenvalue weighted by Crippen LogP contribution is 2.33. The van der Waals surface area contributed by atoms with Gasteiger partial charge in [-0.3, -0.25) is 9.59 Å². The third-order valence-electron chi connectivity index (χ3n) is 2.52. The van der Waals surface area contributed by atoms with Crippen LogP contribution in [0.2, 0.25) is 0 Å². The van der Waals surface area contributed by atoms with E-state index < -0.39 is 0 Å². The SMILES string of the molecule is O=C1CSc2ccc(NC(=O)c3cn[nH]n3)cc2N1. The Morgan fingerprint density at radius 1 is 1.42 bits per heavy atom. The van der Waals surface area contributed by atoms with E-state index >= 15 is 0 Å². The number of aromatic nitrogens is 3. The minimum atomic E-state index is -0.358. The molecule has 0 saturated heterocycles. The highest BCUT2D eigenvalue weighted by molar-refractivity contribution is 8.00. The number of rotatable bonds is 2. The van der Waals surface area contributed by atoms with Gasteiger partial charge >= 0.3 is 0 Å². The van der Waals surface area contributed by atoms with Gasteiger partial charge in [-0.05, 0) is 18.2 Å². The van der Waals surface area contributed by atoms with Crippen molar-refractivity contribution >= 4 is 35.0 Å². The van der Waals surface area contributed by atoms with E-state index in [0.717, 1.165) is 4.90 Å². The Balaban J connectivity index is 1.81. The topological polar surface area (TPSA) is 99.8 Å². The lowest BCUT2D eigenvalue weighted by atomic mass is 10.2. The highest BCUT2D eigenvalue weighted by Gasteiger charge is 2.16. The zero-order valence-corrected chi connectivity index (χ0v) is 10.5. The Hall–Kier alpha value is -2.35. The number of nitrogens with zero attached hydrogens (tertiary/aromatic N) is 2.